The molecule has 1 atom stereocenters. The maximum Gasteiger partial charge on any atom is 0.435 e. The highest BCUT2D eigenvalue weighted by atomic mass is 35.5. The van der Waals surface area contributed by atoms with E-state index in [2.05, 4.69) is 5.32 Å². The average Bonchev–Trinajstić information content (AvgIpc) is 2.74. The lowest BCUT2D eigenvalue weighted by atomic mass is 9.92. The van der Waals surface area contributed by atoms with Crippen LogP contribution in [-0.4, -0.2) is 50.6 Å². The molecule has 0 heterocycles. The Bertz CT molecular complexity index is 1280. The first-order valence-electron chi connectivity index (χ1n) is 10.2. The van der Waals surface area contributed by atoms with E-state index in [4.69, 9.17) is 11.8 Å². The second-order valence-electron chi connectivity index (χ2n) is 8.25. The minimum Gasteiger partial charge on any atom is -0.349 e. The van der Waals surface area contributed by atoms with Gasteiger partial charge in [-0.15, -0.1) is 0 Å². The summed E-state index contributed by atoms with van der Waals surface area (Å²) in [6.07, 6.45) is -11.7. The summed E-state index contributed by atoms with van der Waals surface area (Å²) >= 11 is 6.05. The first-order chi connectivity index (χ1) is 16.7. The number of rotatable bonds is 7. The summed E-state index contributed by atoms with van der Waals surface area (Å²) in [6, 6.07) is 5.39. The summed E-state index contributed by atoms with van der Waals surface area (Å²) in [7, 11) is -3.44. The number of aryl methyl sites for hydroxylation is 1. The van der Waals surface area contributed by atoms with Crippen LogP contribution in [0.15, 0.2) is 42.5 Å². The summed E-state index contributed by atoms with van der Waals surface area (Å²) in [4.78, 5) is 25.7. The molecular weight excluding hydrogens is 557 g/mol. The third kappa shape index (κ3) is 6.53. The Morgan fingerprint density at radius 2 is 1.49 bits per heavy atom. The van der Waals surface area contributed by atoms with Crippen LogP contribution in [0, 0.1) is 6.92 Å². The normalized spacial score (nSPS) is 13.7. The first kappa shape index (κ1) is 30.4. The number of alkyl halides is 7. The van der Waals surface area contributed by atoms with Gasteiger partial charge in [-0.1, -0.05) is 24.3 Å². The van der Waals surface area contributed by atoms with E-state index in [-0.39, 0.29) is 28.9 Å². The van der Waals surface area contributed by atoms with E-state index in [0.29, 0.717) is 10.5 Å². The summed E-state index contributed by atoms with van der Waals surface area (Å²) < 4.78 is 116. The number of amides is 2. The number of sulfone groups is 1. The number of hydrogen-bond donors (Lipinski definition) is 1. The molecule has 2 aromatic carbocycles. The Morgan fingerprint density at radius 1 is 0.973 bits per heavy atom. The smallest absolute Gasteiger partial charge is 0.349 e. The molecule has 0 spiro atoms. The highest BCUT2D eigenvalue weighted by molar-refractivity contribution is 7.90. The molecule has 37 heavy (non-hydrogen) atoms. The van der Waals surface area contributed by atoms with Gasteiger partial charge in [0, 0.05) is 29.6 Å². The van der Waals surface area contributed by atoms with Gasteiger partial charge in [-0.2, -0.15) is 26.3 Å². The topological polar surface area (TPSA) is 83.6 Å². The van der Waals surface area contributed by atoms with Gasteiger partial charge in [0.2, 0.25) is 0 Å². The third-order valence-corrected chi connectivity index (χ3v) is 6.54. The lowest BCUT2D eigenvalue weighted by Crippen LogP contribution is -2.50. The number of benzene rings is 2. The molecule has 0 fully saturated rings. The average molecular weight is 577 g/mol. The summed E-state index contributed by atoms with van der Waals surface area (Å²) in [5.74, 6) is -2.32. The fraction of sp³-hybridized carbons (Fsp3) is 0.364. The highest BCUT2D eigenvalue weighted by Crippen LogP contribution is 2.53. The van der Waals surface area contributed by atoms with Gasteiger partial charge in [0.1, 0.15) is 9.84 Å². The highest BCUT2D eigenvalue weighted by Gasteiger charge is 2.73. The van der Waals surface area contributed by atoms with Crippen LogP contribution in [0.4, 0.5) is 36.4 Å². The number of carbonyl (C=O) groups is 2. The number of hydrogen-bond acceptors (Lipinski definition) is 4. The number of carbonyl (C=O) groups excluding carboxylic acids is 2. The van der Waals surface area contributed by atoms with Crippen LogP contribution in [0.25, 0.3) is 0 Å². The van der Waals surface area contributed by atoms with Crippen molar-refractivity contribution in [1.29, 1.82) is 0 Å². The van der Waals surface area contributed by atoms with E-state index in [9.17, 15) is 48.7 Å². The van der Waals surface area contributed by atoms with E-state index in [1.54, 1.807) is 0 Å². The summed E-state index contributed by atoms with van der Waals surface area (Å²) in [5.41, 5.74) is -8.74. The molecule has 204 valence electrons. The van der Waals surface area contributed by atoms with Gasteiger partial charge < -0.3 is 5.32 Å². The Hall–Kier alpha value is -2.87. The van der Waals surface area contributed by atoms with Crippen molar-refractivity contribution in [3.63, 3.8) is 0 Å². The molecule has 6 nitrogen and oxygen atoms in total. The Labute approximate surface area is 212 Å². The molecular formula is C22H20ClF7N2O4S. The molecule has 1 unspecified atom stereocenters. The van der Waals surface area contributed by atoms with Gasteiger partial charge >= 0.3 is 18.0 Å². The predicted molar refractivity (Wildman–Crippen MR) is 122 cm³/mol. The molecule has 2 amide bonds. The monoisotopic (exact) mass is 576 g/mol. The zero-order valence-electron chi connectivity index (χ0n) is 19.3. The molecule has 0 saturated heterocycles. The zero-order chi connectivity index (χ0) is 28.6. The van der Waals surface area contributed by atoms with Crippen LogP contribution in [0.1, 0.15) is 38.8 Å². The van der Waals surface area contributed by atoms with Gasteiger partial charge in [-0.05, 0) is 37.6 Å². The van der Waals surface area contributed by atoms with Crippen molar-refractivity contribution in [3.8, 4) is 0 Å². The van der Waals surface area contributed by atoms with E-state index in [1.165, 1.54) is 31.2 Å². The van der Waals surface area contributed by atoms with Gasteiger partial charge in [0.25, 0.3) is 11.8 Å². The van der Waals surface area contributed by atoms with Crippen molar-refractivity contribution in [2.24, 2.45) is 0 Å². The van der Waals surface area contributed by atoms with Gasteiger partial charge in [-0.25, -0.2) is 17.2 Å². The number of anilines is 1. The molecule has 2 rings (SSSR count). The largest absolute Gasteiger partial charge is 0.435 e. The summed E-state index contributed by atoms with van der Waals surface area (Å²) in [6.45, 7) is 2.43. The predicted octanol–water partition coefficient (Wildman–Crippen LogP) is 5.25. The SMILES string of the molecule is Cc1cc(C(F)(C(F)(F)F)C(F)(F)F)ccc1N(Cl)C(=O)c1ccccc1C(=O)NC(C)CS(C)(=O)=O. The molecule has 0 aliphatic rings. The third-order valence-electron chi connectivity index (χ3n) is 5.10. The molecule has 0 radical (unpaired) electrons. The van der Waals surface area contributed by atoms with Crippen LogP contribution in [-0.2, 0) is 15.5 Å². The van der Waals surface area contributed by atoms with E-state index < -0.39 is 62.6 Å². The standard InChI is InChI=1S/C22H20ClF7N2O4S/c1-12-10-14(20(24,21(25,26)27)22(28,29)30)8-9-17(12)32(23)19(34)16-7-5-4-6-15(16)18(33)31-13(2)11-37(3,35)36/h4-10,13H,11H2,1-3H3,(H,31,33). The van der Waals surface area contributed by atoms with Crippen LogP contribution in [0.5, 0.6) is 0 Å². The second kappa shape index (κ2) is 10.5. The molecule has 0 aliphatic heterocycles. The fourth-order valence-electron chi connectivity index (χ4n) is 3.46. The first-order valence-corrected chi connectivity index (χ1v) is 12.6. The van der Waals surface area contributed by atoms with Crippen molar-refractivity contribution in [1.82, 2.24) is 5.32 Å². The maximum absolute atomic E-state index is 14.4. The fourth-order valence-corrected chi connectivity index (χ4v) is 4.73. The van der Waals surface area contributed by atoms with E-state index in [0.717, 1.165) is 13.2 Å². The lowest BCUT2D eigenvalue weighted by Gasteiger charge is -2.31. The lowest BCUT2D eigenvalue weighted by molar-refractivity contribution is -0.348. The maximum atomic E-state index is 14.4. The van der Waals surface area contributed by atoms with E-state index in [1.807, 2.05) is 0 Å². The second-order valence-corrected chi connectivity index (χ2v) is 10.8. The quantitative estimate of drug-likeness (QED) is 0.361. The Kier molecular flexibility index (Phi) is 8.60. The van der Waals surface area contributed by atoms with Crippen LogP contribution < -0.4 is 9.74 Å². The van der Waals surface area contributed by atoms with Crippen molar-refractivity contribution >= 4 is 39.1 Å². The Morgan fingerprint density at radius 3 is 1.95 bits per heavy atom. The van der Waals surface area contributed by atoms with Gasteiger partial charge in [0.05, 0.1) is 22.6 Å². The van der Waals surface area contributed by atoms with Crippen molar-refractivity contribution < 1.29 is 48.7 Å². The molecule has 0 aliphatic carbocycles. The molecule has 2 aromatic rings. The van der Waals surface area contributed by atoms with Gasteiger partial charge in [0.15, 0.2) is 0 Å². The number of halogens is 8. The Balaban J connectivity index is 2.43. The van der Waals surface area contributed by atoms with Crippen molar-refractivity contribution in [2.45, 2.75) is 37.9 Å². The molecule has 15 heteroatoms. The minimum absolute atomic E-state index is 0.206. The molecule has 1 N–H and O–H groups in total. The molecule has 0 aromatic heterocycles. The summed E-state index contributed by atoms with van der Waals surface area (Å²) in [5, 5.41) is 2.40. The van der Waals surface area contributed by atoms with Gasteiger partial charge in [-0.3, -0.25) is 9.59 Å². The van der Waals surface area contributed by atoms with Crippen LogP contribution in [0.2, 0.25) is 0 Å². The molecule has 0 saturated carbocycles. The number of nitrogens with one attached hydrogen (secondary N) is 1. The zero-order valence-corrected chi connectivity index (χ0v) is 20.9. The van der Waals surface area contributed by atoms with Crippen molar-refractivity contribution in [2.75, 3.05) is 16.4 Å². The van der Waals surface area contributed by atoms with Crippen LogP contribution >= 0.6 is 11.8 Å². The van der Waals surface area contributed by atoms with Crippen molar-refractivity contribution in [3.05, 3.63) is 64.7 Å². The minimum atomic E-state index is -6.32. The van der Waals surface area contributed by atoms with Crippen LogP contribution in [0.3, 0.4) is 0 Å². The molecule has 0 bridgehead atoms. The number of nitrogens with zero attached hydrogens (tertiary/aromatic N) is 1. The van der Waals surface area contributed by atoms with E-state index >= 15 is 0 Å².